The molecule has 0 aliphatic heterocycles. The topological polar surface area (TPSA) is 50.7 Å². The standard InChI is InChI=1S/C16H22N4/c1-5-18-16-15(11(2)3)12(4)19-14(20-16)9-13-7-6-8-17-10-13/h6-8,10-11H,5,9H2,1-4H3,(H,18,19,20). The average molecular weight is 270 g/mol. The monoisotopic (exact) mass is 270 g/mol. The summed E-state index contributed by atoms with van der Waals surface area (Å²) in [6.07, 6.45) is 4.36. The molecule has 106 valence electrons. The van der Waals surface area contributed by atoms with Crippen LogP contribution in [0.3, 0.4) is 0 Å². The van der Waals surface area contributed by atoms with Crippen molar-refractivity contribution >= 4 is 5.82 Å². The first kappa shape index (κ1) is 14.4. The number of anilines is 1. The van der Waals surface area contributed by atoms with Crippen molar-refractivity contribution in [1.29, 1.82) is 0 Å². The van der Waals surface area contributed by atoms with Crippen LogP contribution in [-0.4, -0.2) is 21.5 Å². The maximum absolute atomic E-state index is 4.69. The van der Waals surface area contributed by atoms with E-state index in [1.165, 1.54) is 5.56 Å². The number of rotatable bonds is 5. The van der Waals surface area contributed by atoms with E-state index in [0.717, 1.165) is 29.4 Å². The van der Waals surface area contributed by atoms with Crippen molar-refractivity contribution in [3.8, 4) is 0 Å². The zero-order valence-corrected chi connectivity index (χ0v) is 12.6. The Morgan fingerprint density at radius 3 is 2.65 bits per heavy atom. The molecule has 0 aliphatic rings. The summed E-state index contributed by atoms with van der Waals surface area (Å²) in [6.45, 7) is 9.36. The Hall–Kier alpha value is -1.97. The Kier molecular flexibility index (Phi) is 4.66. The van der Waals surface area contributed by atoms with E-state index < -0.39 is 0 Å². The van der Waals surface area contributed by atoms with Crippen LogP contribution in [-0.2, 0) is 6.42 Å². The highest BCUT2D eigenvalue weighted by molar-refractivity contribution is 5.48. The number of nitrogens with zero attached hydrogens (tertiary/aromatic N) is 3. The van der Waals surface area contributed by atoms with Gasteiger partial charge in [0.25, 0.3) is 0 Å². The summed E-state index contributed by atoms with van der Waals surface area (Å²) in [5.74, 6) is 2.22. The summed E-state index contributed by atoms with van der Waals surface area (Å²) in [7, 11) is 0. The first-order chi connectivity index (χ1) is 9.61. The number of pyridine rings is 1. The minimum absolute atomic E-state index is 0.413. The van der Waals surface area contributed by atoms with Crippen LogP contribution in [0.15, 0.2) is 24.5 Å². The first-order valence-corrected chi connectivity index (χ1v) is 7.12. The van der Waals surface area contributed by atoms with Crippen LogP contribution in [0.25, 0.3) is 0 Å². The zero-order chi connectivity index (χ0) is 14.5. The third-order valence-electron chi connectivity index (χ3n) is 3.19. The molecule has 0 radical (unpaired) electrons. The third kappa shape index (κ3) is 3.32. The highest BCUT2D eigenvalue weighted by Crippen LogP contribution is 2.25. The predicted molar refractivity (Wildman–Crippen MR) is 82.1 cm³/mol. The highest BCUT2D eigenvalue weighted by atomic mass is 15.0. The summed E-state index contributed by atoms with van der Waals surface area (Å²) >= 11 is 0. The number of nitrogens with one attached hydrogen (secondary N) is 1. The largest absolute Gasteiger partial charge is 0.370 e. The van der Waals surface area contributed by atoms with Gasteiger partial charge in [-0.15, -0.1) is 0 Å². The minimum atomic E-state index is 0.413. The van der Waals surface area contributed by atoms with E-state index in [0.29, 0.717) is 12.3 Å². The molecule has 20 heavy (non-hydrogen) atoms. The number of aromatic nitrogens is 3. The van der Waals surface area contributed by atoms with Crippen molar-refractivity contribution in [2.24, 2.45) is 0 Å². The molecule has 2 aromatic heterocycles. The van der Waals surface area contributed by atoms with E-state index in [1.807, 2.05) is 12.3 Å². The van der Waals surface area contributed by atoms with Gasteiger partial charge in [-0.2, -0.15) is 0 Å². The van der Waals surface area contributed by atoms with Crippen LogP contribution in [0, 0.1) is 6.92 Å². The van der Waals surface area contributed by atoms with Crippen molar-refractivity contribution < 1.29 is 0 Å². The number of hydrogen-bond donors (Lipinski definition) is 1. The average Bonchev–Trinajstić information content (AvgIpc) is 2.39. The fourth-order valence-electron chi connectivity index (χ4n) is 2.40. The van der Waals surface area contributed by atoms with E-state index >= 15 is 0 Å². The van der Waals surface area contributed by atoms with Crippen molar-refractivity contribution in [3.05, 3.63) is 47.2 Å². The predicted octanol–water partition coefficient (Wildman–Crippen LogP) is 3.33. The molecule has 0 aromatic carbocycles. The summed E-state index contributed by atoms with van der Waals surface area (Å²) in [5.41, 5.74) is 3.40. The molecule has 0 saturated heterocycles. The molecule has 1 N–H and O–H groups in total. The highest BCUT2D eigenvalue weighted by Gasteiger charge is 2.14. The van der Waals surface area contributed by atoms with E-state index in [-0.39, 0.29) is 0 Å². The molecule has 0 aliphatic carbocycles. The number of hydrogen-bond acceptors (Lipinski definition) is 4. The second kappa shape index (κ2) is 6.46. The molecule has 2 rings (SSSR count). The summed E-state index contributed by atoms with van der Waals surface area (Å²) in [6, 6.07) is 3.99. The molecule has 0 fully saturated rings. The molecule has 2 heterocycles. The van der Waals surface area contributed by atoms with Gasteiger partial charge in [-0.1, -0.05) is 19.9 Å². The second-order valence-corrected chi connectivity index (χ2v) is 5.21. The van der Waals surface area contributed by atoms with Gasteiger partial charge in [0.05, 0.1) is 0 Å². The van der Waals surface area contributed by atoms with Gasteiger partial charge >= 0.3 is 0 Å². The van der Waals surface area contributed by atoms with Crippen LogP contribution >= 0.6 is 0 Å². The molecule has 4 heteroatoms. The number of aryl methyl sites for hydroxylation is 1. The molecular formula is C16H22N4. The fourth-order valence-corrected chi connectivity index (χ4v) is 2.40. The van der Waals surface area contributed by atoms with E-state index in [4.69, 9.17) is 0 Å². The lowest BCUT2D eigenvalue weighted by molar-refractivity contribution is 0.810. The van der Waals surface area contributed by atoms with Crippen molar-refractivity contribution in [1.82, 2.24) is 15.0 Å². The van der Waals surface area contributed by atoms with Crippen molar-refractivity contribution in [2.45, 2.75) is 40.0 Å². The van der Waals surface area contributed by atoms with Crippen LogP contribution in [0.2, 0.25) is 0 Å². The maximum Gasteiger partial charge on any atom is 0.135 e. The van der Waals surface area contributed by atoms with Crippen LogP contribution in [0.4, 0.5) is 5.82 Å². The summed E-state index contributed by atoms with van der Waals surface area (Å²) in [4.78, 5) is 13.5. The summed E-state index contributed by atoms with van der Waals surface area (Å²) in [5, 5.41) is 3.36. The van der Waals surface area contributed by atoms with Crippen LogP contribution < -0.4 is 5.32 Å². The van der Waals surface area contributed by atoms with E-state index in [1.54, 1.807) is 6.20 Å². The van der Waals surface area contributed by atoms with Crippen molar-refractivity contribution in [3.63, 3.8) is 0 Å². The Morgan fingerprint density at radius 1 is 1.25 bits per heavy atom. The quantitative estimate of drug-likeness (QED) is 0.905. The lowest BCUT2D eigenvalue weighted by atomic mass is 10.0. The molecule has 0 spiro atoms. The Balaban J connectivity index is 2.36. The molecule has 0 unspecified atom stereocenters. The molecule has 0 saturated carbocycles. The normalized spacial score (nSPS) is 10.8. The maximum atomic E-state index is 4.69. The van der Waals surface area contributed by atoms with Gasteiger partial charge in [-0.05, 0) is 31.4 Å². The minimum Gasteiger partial charge on any atom is -0.370 e. The molecule has 0 atom stereocenters. The molecular weight excluding hydrogens is 248 g/mol. The van der Waals surface area contributed by atoms with Crippen molar-refractivity contribution in [2.75, 3.05) is 11.9 Å². The van der Waals surface area contributed by atoms with E-state index in [2.05, 4.69) is 54.0 Å². The Labute approximate surface area is 120 Å². The van der Waals surface area contributed by atoms with Gasteiger partial charge in [0, 0.05) is 36.6 Å². The molecule has 0 bridgehead atoms. The smallest absolute Gasteiger partial charge is 0.135 e. The second-order valence-electron chi connectivity index (χ2n) is 5.21. The van der Waals surface area contributed by atoms with Gasteiger partial charge in [0.1, 0.15) is 11.6 Å². The SMILES string of the molecule is CCNc1nc(Cc2cccnc2)nc(C)c1C(C)C. The molecule has 0 amide bonds. The fraction of sp³-hybridized carbons (Fsp3) is 0.438. The van der Waals surface area contributed by atoms with Gasteiger partial charge in [0.2, 0.25) is 0 Å². The van der Waals surface area contributed by atoms with Crippen LogP contribution in [0.1, 0.15) is 49.3 Å². The molecule has 2 aromatic rings. The zero-order valence-electron chi connectivity index (χ0n) is 12.6. The van der Waals surface area contributed by atoms with Gasteiger partial charge < -0.3 is 5.32 Å². The van der Waals surface area contributed by atoms with E-state index in [9.17, 15) is 0 Å². The van der Waals surface area contributed by atoms with Gasteiger partial charge in [0.15, 0.2) is 0 Å². The van der Waals surface area contributed by atoms with Gasteiger partial charge in [-0.3, -0.25) is 4.98 Å². The van der Waals surface area contributed by atoms with Crippen LogP contribution in [0.5, 0.6) is 0 Å². The first-order valence-electron chi connectivity index (χ1n) is 7.12. The lowest BCUT2D eigenvalue weighted by Crippen LogP contribution is -2.11. The Bertz CT molecular complexity index is 564. The third-order valence-corrected chi connectivity index (χ3v) is 3.19. The molecule has 4 nitrogen and oxygen atoms in total. The Morgan fingerprint density at radius 2 is 2.05 bits per heavy atom. The lowest BCUT2D eigenvalue weighted by Gasteiger charge is -2.16. The summed E-state index contributed by atoms with van der Waals surface area (Å²) < 4.78 is 0. The van der Waals surface area contributed by atoms with Gasteiger partial charge in [-0.25, -0.2) is 9.97 Å².